The highest BCUT2D eigenvalue weighted by Crippen LogP contribution is 2.30. The van der Waals surface area contributed by atoms with E-state index in [0.29, 0.717) is 0 Å². The quantitative estimate of drug-likeness (QED) is 0.587. The third-order valence-electron chi connectivity index (χ3n) is 1.14. The molecule has 0 atom stereocenters. The average Bonchev–Trinajstić information content (AvgIpc) is 1.82. The Morgan fingerprint density at radius 2 is 1.92 bits per heavy atom. The topological polar surface area (TPSA) is 38.9 Å². The van der Waals surface area contributed by atoms with Crippen molar-refractivity contribution in [2.24, 2.45) is 0 Å². The third-order valence-corrected chi connectivity index (χ3v) is 1.69. The van der Waals surface area contributed by atoms with Gasteiger partial charge >= 0.3 is 6.18 Å². The Kier molecular flexibility index (Phi) is 2.45. The second-order valence-electron chi connectivity index (χ2n) is 2.10. The Bertz CT molecular complexity index is 277. The number of halogens is 4. The molecule has 12 heavy (non-hydrogen) atoms. The van der Waals surface area contributed by atoms with E-state index in [1.165, 1.54) is 0 Å². The van der Waals surface area contributed by atoms with Gasteiger partial charge in [-0.25, -0.2) is 4.98 Å². The van der Waals surface area contributed by atoms with E-state index in [0.717, 1.165) is 12.1 Å². The molecule has 0 fully saturated rings. The van der Waals surface area contributed by atoms with E-state index in [2.05, 4.69) is 4.98 Å². The lowest BCUT2D eigenvalue weighted by Crippen LogP contribution is -2.07. The van der Waals surface area contributed by atoms with Gasteiger partial charge in [0.2, 0.25) is 0 Å². The Labute approximate surface area is 80.1 Å². The molecule has 1 rings (SSSR count). The van der Waals surface area contributed by atoms with Crippen molar-refractivity contribution in [3.05, 3.63) is 21.4 Å². The van der Waals surface area contributed by atoms with Gasteiger partial charge in [-0.2, -0.15) is 13.2 Å². The van der Waals surface area contributed by atoms with E-state index < -0.39 is 11.7 Å². The fourth-order valence-electron chi connectivity index (χ4n) is 0.681. The summed E-state index contributed by atoms with van der Waals surface area (Å²) in [5.74, 6) is -0.116. The van der Waals surface area contributed by atoms with Crippen LogP contribution in [0.15, 0.2) is 12.1 Å². The SMILES string of the molecule is Nc1cc(C(F)(F)F)cc(I)n1. The first-order chi connectivity index (χ1) is 5.39. The fraction of sp³-hybridized carbons (Fsp3) is 0.167. The lowest BCUT2D eigenvalue weighted by Gasteiger charge is -2.06. The predicted octanol–water partition coefficient (Wildman–Crippen LogP) is 2.29. The molecular formula is C6H4F3IN2. The van der Waals surface area contributed by atoms with Crippen molar-refractivity contribution >= 4 is 28.4 Å². The third kappa shape index (κ3) is 2.23. The molecule has 0 saturated carbocycles. The molecule has 0 unspecified atom stereocenters. The molecule has 0 aliphatic heterocycles. The number of rotatable bonds is 0. The molecular weight excluding hydrogens is 284 g/mol. The smallest absolute Gasteiger partial charge is 0.384 e. The zero-order chi connectivity index (χ0) is 9.35. The first kappa shape index (κ1) is 9.56. The molecule has 0 bridgehead atoms. The van der Waals surface area contributed by atoms with Crippen molar-refractivity contribution in [3.8, 4) is 0 Å². The number of aromatic nitrogens is 1. The van der Waals surface area contributed by atoms with E-state index in [9.17, 15) is 13.2 Å². The fourth-order valence-corrected chi connectivity index (χ4v) is 1.29. The van der Waals surface area contributed by atoms with Crippen LogP contribution in [0.1, 0.15) is 5.56 Å². The number of nitrogens with two attached hydrogens (primary N) is 1. The maximum absolute atomic E-state index is 12.1. The van der Waals surface area contributed by atoms with Gasteiger partial charge in [0, 0.05) is 0 Å². The monoisotopic (exact) mass is 288 g/mol. The van der Waals surface area contributed by atoms with Gasteiger partial charge < -0.3 is 5.73 Å². The van der Waals surface area contributed by atoms with Gasteiger partial charge in [0.15, 0.2) is 0 Å². The van der Waals surface area contributed by atoms with Crippen LogP contribution in [0.5, 0.6) is 0 Å². The summed E-state index contributed by atoms with van der Waals surface area (Å²) in [6.45, 7) is 0. The molecule has 0 aliphatic carbocycles. The minimum absolute atomic E-state index is 0.116. The summed E-state index contributed by atoms with van der Waals surface area (Å²) in [4.78, 5) is 3.61. The molecule has 2 N–H and O–H groups in total. The van der Waals surface area contributed by atoms with Gasteiger partial charge in [-0.1, -0.05) is 0 Å². The molecule has 1 heterocycles. The molecule has 0 radical (unpaired) electrons. The molecule has 0 spiro atoms. The average molecular weight is 288 g/mol. The van der Waals surface area contributed by atoms with Gasteiger partial charge in [0.05, 0.1) is 5.56 Å². The van der Waals surface area contributed by atoms with Gasteiger partial charge in [0.25, 0.3) is 0 Å². The maximum atomic E-state index is 12.1. The van der Waals surface area contributed by atoms with Crippen LogP contribution < -0.4 is 5.73 Å². The van der Waals surface area contributed by atoms with Gasteiger partial charge in [-0.05, 0) is 34.7 Å². The predicted molar refractivity (Wildman–Crippen MR) is 46.4 cm³/mol. The Balaban J connectivity index is 3.18. The van der Waals surface area contributed by atoms with Gasteiger partial charge in [-0.3, -0.25) is 0 Å². The summed E-state index contributed by atoms with van der Waals surface area (Å²) >= 11 is 1.68. The summed E-state index contributed by atoms with van der Waals surface area (Å²) in [5.41, 5.74) is 4.38. The van der Waals surface area contributed by atoms with Crippen LogP contribution in [-0.4, -0.2) is 4.98 Å². The largest absolute Gasteiger partial charge is 0.416 e. The maximum Gasteiger partial charge on any atom is 0.416 e. The zero-order valence-corrected chi connectivity index (χ0v) is 7.85. The second-order valence-corrected chi connectivity index (χ2v) is 3.21. The first-order valence-corrected chi connectivity index (χ1v) is 3.98. The summed E-state index contributed by atoms with van der Waals surface area (Å²) in [6.07, 6.45) is -4.35. The number of anilines is 1. The normalized spacial score (nSPS) is 11.7. The molecule has 1 aromatic rings. The highest BCUT2D eigenvalue weighted by Gasteiger charge is 2.31. The number of alkyl halides is 3. The van der Waals surface area contributed by atoms with Crippen molar-refractivity contribution in [3.63, 3.8) is 0 Å². The number of hydrogen-bond donors (Lipinski definition) is 1. The van der Waals surface area contributed by atoms with Crippen molar-refractivity contribution in [2.75, 3.05) is 5.73 Å². The van der Waals surface area contributed by atoms with E-state index in [-0.39, 0.29) is 9.52 Å². The van der Waals surface area contributed by atoms with Gasteiger partial charge in [0.1, 0.15) is 9.52 Å². The van der Waals surface area contributed by atoms with E-state index in [1.807, 2.05) is 0 Å². The summed E-state index contributed by atoms with van der Waals surface area (Å²) in [5, 5.41) is 0. The van der Waals surface area contributed by atoms with Crippen LogP contribution in [0.2, 0.25) is 0 Å². The molecule has 0 aromatic carbocycles. The van der Waals surface area contributed by atoms with E-state index in [1.54, 1.807) is 22.6 Å². The molecule has 6 heteroatoms. The van der Waals surface area contributed by atoms with Crippen LogP contribution in [0.4, 0.5) is 19.0 Å². The molecule has 66 valence electrons. The van der Waals surface area contributed by atoms with Crippen LogP contribution in [0.3, 0.4) is 0 Å². The first-order valence-electron chi connectivity index (χ1n) is 2.90. The molecule has 0 aliphatic rings. The zero-order valence-electron chi connectivity index (χ0n) is 5.69. The van der Waals surface area contributed by atoms with Crippen LogP contribution in [0, 0.1) is 3.70 Å². The minimum Gasteiger partial charge on any atom is -0.384 e. The van der Waals surface area contributed by atoms with Crippen LogP contribution in [-0.2, 0) is 6.18 Å². The van der Waals surface area contributed by atoms with Crippen molar-refractivity contribution in [1.82, 2.24) is 4.98 Å². The van der Waals surface area contributed by atoms with Crippen LogP contribution >= 0.6 is 22.6 Å². The number of nitrogens with zero attached hydrogens (tertiary/aromatic N) is 1. The van der Waals surface area contributed by atoms with Crippen LogP contribution in [0.25, 0.3) is 0 Å². The Morgan fingerprint density at radius 3 is 2.33 bits per heavy atom. The lowest BCUT2D eigenvalue weighted by atomic mass is 10.2. The summed E-state index contributed by atoms with van der Waals surface area (Å²) in [6, 6.07) is 1.75. The second kappa shape index (κ2) is 3.08. The molecule has 1 aromatic heterocycles. The highest BCUT2D eigenvalue weighted by atomic mass is 127. The van der Waals surface area contributed by atoms with Crippen molar-refractivity contribution < 1.29 is 13.2 Å². The number of hydrogen-bond acceptors (Lipinski definition) is 2. The van der Waals surface area contributed by atoms with Crippen molar-refractivity contribution in [1.29, 1.82) is 0 Å². The number of nitrogen functional groups attached to an aromatic ring is 1. The van der Waals surface area contributed by atoms with Crippen molar-refractivity contribution in [2.45, 2.75) is 6.18 Å². The van der Waals surface area contributed by atoms with Gasteiger partial charge in [-0.15, -0.1) is 0 Å². The standard InChI is InChI=1S/C6H4F3IN2/c7-6(8,9)3-1-4(10)12-5(11)2-3/h1-2H,(H2,11,12). The minimum atomic E-state index is -4.35. The lowest BCUT2D eigenvalue weighted by molar-refractivity contribution is -0.137. The van der Waals surface area contributed by atoms with E-state index in [4.69, 9.17) is 5.73 Å². The summed E-state index contributed by atoms with van der Waals surface area (Å²) < 4.78 is 36.4. The number of pyridine rings is 1. The molecule has 2 nitrogen and oxygen atoms in total. The molecule has 0 amide bonds. The molecule has 0 saturated heterocycles. The Hall–Kier alpha value is -0.530. The highest BCUT2D eigenvalue weighted by molar-refractivity contribution is 14.1. The van der Waals surface area contributed by atoms with E-state index >= 15 is 0 Å². The summed E-state index contributed by atoms with van der Waals surface area (Å²) in [7, 11) is 0. The Morgan fingerprint density at radius 1 is 1.33 bits per heavy atom.